The maximum atomic E-state index is 9.94. The number of rotatable bonds is 4. The van der Waals surface area contributed by atoms with Crippen LogP contribution in [0.25, 0.3) is 0 Å². The fourth-order valence-electron chi connectivity index (χ4n) is 0.957. The molecule has 1 aromatic carbocycles. The molecule has 0 aliphatic heterocycles. The highest BCUT2D eigenvalue weighted by Gasteiger charge is 1.93. The van der Waals surface area contributed by atoms with Crippen LogP contribution in [0.2, 0.25) is 0 Å². The zero-order chi connectivity index (χ0) is 8.81. The van der Waals surface area contributed by atoms with Crippen LogP contribution in [0, 0.1) is 0 Å². The van der Waals surface area contributed by atoms with E-state index in [0.717, 1.165) is 12.0 Å². The second kappa shape index (κ2) is 4.51. The van der Waals surface area contributed by atoms with E-state index in [1.165, 1.54) is 0 Å². The van der Waals surface area contributed by atoms with Gasteiger partial charge in [-0.1, -0.05) is 12.1 Å². The molecular weight excluding hydrogens is 154 g/mol. The summed E-state index contributed by atoms with van der Waals surface area (Å²) >= 11 is 0. The highest BCUT2D eigenvalue weighted by Crippen LogP contribution is 2.11. The number of hydrogen-bond acceptors (Lipinski definition) is 3. The van der Waals surface area contributed by atoms with Gasteiger partial charge >= 0.3 is 0 Å². The van der Waals surface area contributed by atoms with Gasteiger partial charge in [0, 0.05) is 0 Å². The van der Waals surface area contributed by atoms with Crippen LogP contribution in [-0.4, -0.2) is 13.0 Å². The number of benzene rings is 1. The Morgan fingerprint density at radius 2 is 2.00 bits per heavy atom. The Balaban J connectivity index is 2.64. The summed E-state index contributed by atoms with van der Waals surface area (Å²) in [5.74, 6) is 0.561. The van der Waals surface area contributed by atoms with Gasteiger partial charge in [0.2, 0.25) is 0 Å². The fraction of sp³-hybridized carbons (Fsp3) is 0.222. The first-order valence-electron chi connectivity index (χ1n) is 3.76. The summed E-state index contributed by atoms with van der Waals surface area (Å²) in [7, 11) is 0. The molecule has 1 rings (SSSR count). The van der Waals surface area contributed by atoms with E-state index in [0.29, 0.717) is 18.8 Å². The predicted octanol–water partition coefficient (Wildman–Crippen LogP) is 0.723. The topological polar surface area (TPSA) is 52.3 Å². The van der Waals surface area contributed by atoms with Crippen LogP contribution in [0.5, 0.6) is 5.75 Å². The van der Waals surface area contributed by atoms with Crippen molar-refractivity contribution in [2.75, 3.05) is 6.54 Å². The summed E-state index contributed by atoms with van der Waals surface area (Å²) in [5, 5.41) is 0. The lowest BCUT2D eigenvalue weighted by atomic mass is 10.1. The Labute approximate surface area is 71.1 Å². The molecule has 0 aromatic heterocycles. The first-order valence-corrected chi connectivity index (χ1v) is 3.76. The van der Waals surface area contributed by atoms with Crippen molar-refractivity contribution in [3.8, 4) is 5.75 Å². The van der Waals surface area contributed by atoms with Gasteiger partial charge in [0.15, 0.2) is 0 Å². The van der Waals surface area contributed by atoms with Gasteiger partial charge in [-0.05, 0) is 30.7 Å². The molecule has 1 aromatic rings. The molecule has 3 heteroatoms. The van der Waals surface area contributed by atoms with E-state index in [9.17, 15) is 4.79 Å². The van der Waals surface area contributed by atoms with Crippen LogP contribution in [-0.2, 0) is 11.2 Å². The van der Waals surface area contributed by atoms with Crippen molar-refractivity contribution >= 4 is 6.47 Å². The van der Waals surface area contributed by atoms with Crippen molar-refractivity contribution in [2.24, 2.45) is 5.73 Å². The Bertz CT molecular complexity index is 243. The predicted molar refractivity (Wildman–Crippen MR) is 45.9 cm³/mol. The van der Waals surface area contributed by atoms with Crippen molar-refractivity contribution in [3.05, 3.63) is 29.8 Å². The number of nitrogens with two attached hydrogens (primary N) is 1. The molecule has 0 fully saturated rings. The SMILES string of the molecule is NCCc1ccc(OC=O)cc1. The van der Waals surface area contributed by atoms with Crippen LogP contribution in [0.15, 0.2) is 24.3 Å². The van der Waals surface area contributed by atoms with Crippen molar-refractivity contribution < 1.29 is 9.53 Å². The molecule has 0 spiro atoms. The third-order valence-corrected chi connectivity index (χ3v) is 1.54. The standard InChI is InChI=1S/C9H11NO2/c10-6-5-8-1-3-9(4-2-8)12-7-11/h1-4,7H,5-6,10H2. The normalized spacial score (nSPS) is 9.42. The zero-order valence-corrected chi connectivity index (χ0v) is 6.69. The van der Waals surface area contributed by atoms with E-state index in [1.54, 1.807) is 12.1 Å². The zero-order valence-electron chi connectivity index (χ0n) is 6.69. The average molecular weight is 165 g/mol. The van der Waals surface area contributed by atoms with E-state index < -0.39 is 0 Å². The molecule has 3 nitrogen and oxygen atoms in total. The first kappa shape index (κ1) is 8.74. The van der Waals surface area contributed by atoms with Gasteiger partial charge < -0.3 is 10.5 Å². The van der Waals surface area contributed by atoms with Gasteiger partial charge in [-0.3, -0.25) is 4.79 Å². The summed E-state index contributed by atoms with van der Waals surface area (Å²) in [6.07, 6.45) is 0.849. The van der Waals surface area contributed by atoms with E-state index >= 15 is 0 Å². The smallest absolute Gasteiger partial charge is 0.298 e. The minimum Gasteiger partial charge on any atom is -0.429 e. The molecule has 0 aliphatic rings. The second-order valence-electron chi connectivity index (χ2n) is 2.40. The fourth-order valence-corrected chi connectivity index (χ4v) is 0.957. The Morgan fingerprint density at radius 3 is 2.50 bits per heavy atom. The van der Waals surface area contributed by atoms with Crippen LogP contribution >= 0.6 is 0 Å². The third-order valence-electron chi connectivity index (χ3n) is 1.54. The van der Waals surface area contributed by atoms with Crippen LogP contribution < -0.4 is 10.5 Å². The molecule has 0 saturated heterocycles. The van der Waals surface area contributed by atoms with Crippen LogP contribution in [0.3, 0.4) is 0 Å². The first-order chi connectivity index (χ1) is 5.86. The molecule has 0 unspecified atom stereocenters. The van der Waals surface area contributed by atoms with Crippen molar-refractivity contribution in [1.29, 1.82) is 0 Å². The summed E-state index contributed by atoms with van der Waals surface area (Å²) in [4.78, 5) is 9.94. The molecule has 2 N–H and O–H groups in total. The molecule has 0 bridgehead atoms. The minimum atomic E-state index is 0.415. The minimum absolute atomic E-state index is 0.415. The highest BCUT2D eigenvalue weighted by atomic mass is 16.5. The number of hydrogen-bond donors (Lipinski definition) is 1. The van der Waals surface area contributed by atoms with E-state index in [-0.39, 0.29) is 0 Å². The maximum Gasteiger partial charge on any atom is 0.298 e. The monoisotopic (exact) mass is 165 g/mol. The number of carbonyl (C=O) groups is 1. The summed E-state index contributed by atoms with van der Waals surface area (Å²) in [5.41, 5.74) is 6.52. The number of ether oxygens (including phenoxy) is 1. The summed E-state index contributed by atoms with van der Waals surface area (Å²) in [6.45, 7) is 1.05. The van der Waals surface area contributed by atoms with Gasteiger partial charge in [-0.2, -0.15) is 0 Å². The van der Waals surface area contributed by atoms with Crippen molar-refractivity contribution in [1.82, 2.24) is 0 Å². The van der Waals surface area contributed by atoms with Gasteiger partial charge in [-0.25, -0.2) is 0 Å². The van der Waals surface area contributed by atoms with Crippen molar-refractivity contribution in [3.63, 3.8) is 0 Å². The maximum absolute atomic E-state index is 9.94. The highest BCUT2D eigenvalue weighted by molar-refractivity contribution is 5.45. The lowest BCUT2D eigenvalue weighted by Crippen LogP contribution is -2.02. The third kappa shape index (κ3) is 2.36. The molecule has 0 amide bonds. The van der Waals surface area contributed by atoms with Gasteiger partial charge in [0.1, 0.15) is 5.75 Å². The summed E-state index contributed by atoms with van der Waals surface area (Å²) in [6, 6.07) is 7.29. The Morgan fingerprint density at radius 1 is 1.33 bits per heavy atom. The van der Waals surface area contributed by atoms with E-state index in [4.69, 9.17) is 5.73 Å². The van der Waals surface area contributed by atoms with E-state index in [2.05, 4.69) is 4.74 Å². The van der Waals surface area contributed by atoms with Gasteiger partial charge in [0.25, 0.3) is 6.47 Å². The molecule has 0 radical (unpaired) electrons. The number of carbonyl (C=O) groups excluding carboxylic acids is 1. The molecule has 12 heavy (non-hydrogen) atoms. The van der Waals surface area contributed by atoms with Crippen molar-refractivity contribution in [2.45, 2.75) is 6.42 Å². The lowest BCUT2D eigenvalue weighted by Gasteiger charge is -1.99. The molecular formula is C9H11NO2. The van der Waals surface area contributed by atoms with E-state index in [1.807, 2.05) is 12.1 Å². The van der Waals surface area contributed by atoms with Crippen LogP contribution in [0.4, 0.5) is 0 Å². The lowest BCUT2D eigenvalue weighted by molar-refractivity contribution is -0.120. The largest absolute Gasteiger partial charge is 0.429 e. The quantitative estimate of drug-likeness (QED) is 0.669. The molecule has 0 heterocycles. The second-order valence-corrected chi connectivity index (χ2v) is 2.40. The van der Waals surface area contributed by atoms with Gasteiger partial charge in [-0.15, -0.1) is 0 Å². The van der Waals surface area contributed by atoms with Gasteiger partial charge in [0.05, 0.1) is 0 Å². The Kier molecular flexibility index (Phi) is 3.29. The van der Waals surface area contributed by atoms with Crippen LogP contribution in [0.1, 0.15) is 5.56 Å². The molecule has 64 valence electrons. The molecule has 0 atom stereocenters. The molecule has 0 saturated carbocycles. The summed E-state index contributed by atoms with van der Waals surface area (Å²) < 4.78 is 4.63. The average Bonchev–Trinajstić information content (AvgIpc) is 2.09. The Hall–Kier alpha value is -1.35. The molecule has 0 aliphatic carbocycles.